The predicted molar refractivity (Wildman–Crippen MR) is 27.4 cm³/mol. The van der Waals surface area contributed by atoms with Crippen molar-refractivity contribution in [2.24, 2.45) is 0 Å². The molecule has 2 N–H and O–H groups in total. The summed E-state index contributed by atoms with van der Waals surface area (Å²) in [6.07, 6.45) is -0.602. The van der Waals surface area contributed by atoms with Crippen LogP contribution in [0.5, 0.6) is 0 Å². The van der Waals surface area contributed by atoms with Gasteiger partial charge in [-0.05, 0) is 0 Å². The van der Waals surface area contributed by atoms with E-state index in [1.807, 2.05) is 0 Å². The molecule has 4 heteroatoms. The molecule has 0 spiro atoms. The quantitative estimate of drug-likeness (QED) is 0.382. The summed E-state index contributed by atoms with van der Waals surface area (Å²) >= 11 is 0. The maximum atomic E-state index is 8.56. The first-order valence-corrected chi connectivity index (χ1v) is 2.27. The number of aliphatic hydroxyl groups is 1. The van der Waals surface area contributed by atoms with E-state index < -0.39 is 6.23 Å². The number of hydroxylamine groups is 2. The zero-order valence-electron chi connectivity index (χ0n) is 5.03. The van der Waals surface area contributed by atoms with Gasteiger partial charge in [0.25, 0.3) is 0 Å². The second-order valence-electron chi connectivity index (χ2n) is 1.45. The number of rotatable bonds is 3. The lowest BCUT2D eigenvalue weighted by molar-refractivity contribution is -0.201. The Hall–Kier alpha value is -0.160. The Morgan fingerprint density at radius 2 is 2.25 bits per heavy atom. The number of likely N-dealkylation sites (N-methyl/N-ethyl adjacent to an activating group) is 1. The van der Waals surface area contributed by atoms with Gasteiger partial charge in [0.2, 0.25) is 0 Å². The largest absolute Gasteiger partial charge is 0.392 e. The lowest BCUT2D eigenvalue weighted by Crippen LogP contribution is -2.33. The van der Waals surface area contributed by atoms with Gasteiger partial charge in [-0.1, -0.05) is 0 Å². The van der Waals surface area contributed by atoms with E-state index in [4.69, 9.17) is 10.3 Å². The molecule has 0 saturated heterocycles. The van der Waals surface area contributed by atoms with Gasteiger partial charge in [-0.3, -0.25) is 0 Å². The number of methoxy groups -OCH3 is 1. The molecule has 0 rings (SSSR count). The van der Waals surface area contributed by atoms with Crippen LogP contribution in [0.2, 0.25) is 0 Å². The van der Waals surface area contributed by atoms with Crippen LogP contribution in [0.15, 0.2) is 0 Å². The number of nitrogens with zero attached hydrogens (tertiary/aromatic N) is 1. The standard InChI is InChI=1S/C4H11NO3/c1-5(7)4(3-6)8-2/h4,6-7H,3H2,1-2H3. The van der Waals surface area contributed by atoms with Crippen LogP contribution in [-0.4, -0.2) is 42.4 Å². The van der Waals surface area contributed by atoms with Crippen LogP contribution >= 0.6 is 0 Å². The smallest absolute Gasteiger partial charge is 0.154 e. The summed E-state index contributed by atoms with van der Waals surface area (Å²) in [7, 11) is 2.82. The summed E-state index contributed by atoms with van der Waals surface area (Å²) in [5.41, 5.74) is 0. The second-order valence-corrected chi connectivity index (χ2v) is 1.45. The topological polar surface area (TPSA) is 52.9 Å². The molecule has 50 valence electrons. The summed E-state index contributed by atoms with van der Waals surface area (Å²) in [5, 5.41) is 17.7. The Morgan fingerprint density at radius 1 is 1.75 bits per heavy atom. The van der Waals surface area contributed by atoms with Crippen molar-refractivity contribution in [3.8, 4) is 0 Å². The lowest BCUT2D eigenvalue weighted by atomic mass is 10.6. The fraction of sp³-hybridized carbons (Fsp3) is 1.00. The predicted octanol–water partition coefficient (Wildman–Crippen LogP) is -0.728. The first-order chi connectivity index (χ1) is 3.72. The Morgan fingerprint density at radius 3 is 2.25 bits per heavy atom. The number of aliphatic hydroxyl groups excluding tert-OH is 1. The van der Waals surface area contributed by atoms with Gasteiger partial charge < -0.3 is 15.1 Å². The van der Waals surface area contributed by atoms with Crippen molar-refractivity contribution in [3.05, 3.63) is 0 Å². The highest BCUT2D eigenvalue weighted by Gasteiger charge is 2.07. The van der Waals surface area contributed by atoms with Gasteiger partial charge in [-0.2, -0.15) is 5.06 Å². The van der Waals surface area contributed by atoms with Crippen LogP contribution in [-0.2, 0) is 4.74 Å². The average molecular weight is 121 g/mol. The van der Waals surface area contributed by atoms with Crippen LogP contribution in [0.1, 0.15) is 0 Å². The Balaban J connectivity index is 3.35. The van der Waals surface area contributed by atoms with Crippen molar-refractivity contribution in [1.29, 1.82) is 0 Å². The highest BCUT2D eigenvalue weighted by molar-refractivity contribution is 4.42. The molecule has 0 heterocycles. The number of hydrogen-bond acceptors (Lipinski definition) is 4. The van der Waals surface area contributed by atoms with Gasteiger partial charge in [0.1, 0.15) is 0 Å². The lowest BCUT2D eigenvalue weighted by Gasteiger charge is -2.17. The first-order valence-electron chi connectivity index (χ1n) is 2.27. The maximum Gasteiger partial charge on any atom is 0.154 e. The maximum absolute atomic E-state index is 8.56. The molecule has 1 atom stereocenters. The van der Waals surface area contributed by atoms with Gasteiger partial charge in [0, 0.05) is 14.2 Å². The van der Waals surface area contributed by atoms with Crippen molar-refractivity contribution in [2.45, 2.75) is 6.23 Å². The zero-order chi connectivity index (χ0) is 6.57. The molecule has 0 saturated carbocycles. The minimum absolute atomic E-state index is 0.205. The van der Waals surface area contributed by atoms with E-state index in [-0.39, 0.29) is 6.61 Å². The van der Waals surface area contributed by atoms with Gasteiger partial charge in [0.15, 0.2) is 6.23 Å². The van der Waals surface area contributed by atoms with E-state index >= 15 is 0 Å². The van der Waals surface area contributed by atoms with E-state index in [2.05, 4.69) is 4.74 Å². The Kier molecular flexibility index (Phi) is 3.72. The molecule has 0 aliphatic rings. The molecule has 4 nitrogen and oxygen atoms in total. The van der Waals surface area contributed by atoms with Crippen LogP contribution in [0.4, 0.5) is 0 Å². The third-order valence-electron chi connectivity index (χ3n) is 0.845. The minimum Gasteiger partial charge on any atom is -0.392 e. The van der Waals surface area contributed by atoms with E-state index in [9.17, 15) is 0 Å². The molecule has 0 aliphatic heterocycles. The summed E-state index contributed by atoms with van der Waals surface area (Å²) in [5.74, 6) is 0. The van der Waals surface area contributed by atoms with E-state index in [0.717, 1.165) is 5.06 Å². The normalized spacial score (nSPS) is 14.6. The van der Waals surface area contributed by atoms with E-state index in [0.29, 0.717) is 0 Å². The van der Waals surface area contributed by atoms with Crippen molar-refractivity contribution in [1.82, 2.24) is 5.06 Å². The minimum atomic E-state index is -0.602. The third-order valence-corrected chi connectivity index (χ3v) is 0.845. The molecular formula is C4H11NO3. The molecular weight excluding hydrogens is 110 g/mol. The van der Waals surface area contributed by atoms with Gasteiger partial charge in [0.05, 0.1) is 6.61 Å². The first kappa shape index (κ1) is 7.84. The van der Waals surface area contributed by atoms with Gasteiger partial charge in [-0.25, -0.2) is 0 Å². The molecule has 0 aromatic heterocycles. The monoisotopic (exact) mass is 121 g/mol. The molecule has 8 heavy (non-hydrogen) atoms. The highest BCUT2D eigenvalue weighted by atomic mass is 16.6. The number of hydrogen-bond donors (Lipinski definition) is 2. The molecule has 0 aromatic rings. The Bertz CT molecular complexity index is 53.2. The van der Waals surface area contributed by atoms with Crippen LogP contribution in [0.3, 0.4) is 0 Å². The second kappa shape index (κ2) is 3.80. The highest BCUT2D eigenvalue weighted by Crippen LogP contribution is 1.89. The molecule has 1 unspecified atom stereocenters. The molecule has 0 fully saturated rings. The van der Waals surface area contributed by atoms with Gasteiger partial charge in [-0.15, -0.1) is 0 Å². The molecule has 0 bridgehead atoms. The molecule has 0 aliphatic carbocycles. The third kappa shape index (κ3) is 2.23. The van der Waals surface area contributed by atoms with E-state index in [1.165, 1.54) is 14.2 Å². The molecule has 0 aromatic carbocycles. The molecule has 0 radical (unpaired) electrons. The number of ether oxygens (including phenoxy) is 1. The van der Waals surface area contributed by atoms with Crippen molar-refractivity contribution in [2.75, 3.05) is 20.8 Å². The van der Waals surface area contributed by atoms with Gasteiger partial charge >= 0.3 is 0 Å². The fourth-order valence-electron chi connectivity index (χ4n) is 0.345. The zero-order valence-corrected chi connectivity index (χ0v) is 5.03. The van der Waals surface area contributed by atoms with Crippen LogP contribution in [0.25, 0.3) is 0 Å². The molecule has 0 amide bonds. The summed E-state index contributed by atoms with van der Waals surface area (Å²) in [4.78, 5) is 0. The van der Waals surface area contributed by atoms with Crippen molar-refractivity contribution < 1.29 is 15.1 Å². The van der Waals surface area contributed by atoms with Crippen molar-refractivity contribution >= 4 is 0 Å². The fourth-order valence-corrected chi connectivity index (χ4v) is 0.345. The SMILES string of the molecule is COC(CO)N(C)O. The summed E-state index contributed by atoms with van der Waals surface area (Å²) in [6.45, 7) is -0.205. The van der Waals surface area contributed by atoms with E-state index in [1.54, 1.807) is 0 Å². The average Bonchev–Trinajstić information content (AvgIpc) is 1.69. The summed E-state index contributed by atoms with van der Waals surface area (Å²) < 4.78 is 4.59. The van der Waals surface area contributed by atoms with Crippen molar-refractivity contribution in [3.63, 3.8) is 0 Å². The van der Waals surface area contributed by atoms with Crippen LogP contribution < -0.4 is 0 Å². The Labute approximate surface area is 48.2 Å². The van der Waals surface area contributed by atoms with Crippen LogP contribution in [0, 0.1) is 0 Å². The summed E-state index contributed by atoms with van der Waals surface area (Å²) in [6, 6.07) is 0.